The SMILES string of the molecule is CCSCC(C)CSCC(C)CC. The van der Waals surface area contributed by atoms with Gasteiger partial charge >= 0.3 is 0 Å². The maximum Gasteiger partial charge on any atom is -0.00338 e. The average Bonchev–Trinajstić information content (AvgIpc) is 2.14. The van der Waals surface area contributed by atoms with E-state index in [1.807, 2.05) is 0 Å². The van der Waals surface area contributed by atoms with Gasteiger partial charge in [-0.3, -0.25) is 0 Å². The molecule has 2 atom stereocenters. The third-order valence-corrected chi connectivity index (χ3v) is 4.93. The Bertz CT molecular complexity index is 104. The van der Waals surface area contributed by atoms with E-state index in [1.54, 1.807) is 0 Å². The van der Waals surface area contributed by atoms with Gasteiger partial charge in [-0.15, -0.1) is 0 Å². The maximum absolute atomic E-state index is 2.37. The molecule has 0 amide bonds. The molecule has 80 valence electrons. The van der Waals surface area contributed by atoms with Crippen molar-refractivity contribution in [1.82, 2.24) is 0 Å². The van der Waals surface area contributed by atoms with Gasteiger partial charge in [-0.1, -0.05) is 34.1 Å². The molecule has 0 saturated carbocycles. The molecular formula is C11H24S2. The van der Waals surface area contributed by atoms with Crippen LogP contribution in [0.25, 0.3) is 0 Å². The third-order valence-electron chi connectivity index (χ3n) is 2.11. The van der Waals surface area contributed by atoms with E-state index in [0.29, 0.717) is 0 Å². The molecule has 0 N–H and O–H groups in total. The number of thioether (sulfide) groups is 2. The van der Waals surface area contributed by atoms with Gasteiger partial charge in [-0.2, -0.15) is 23.5 Å². The minimum Gasteiger partial charge on any atom is -0.162 e. The molecule has 0 fully saturated rings. The molecule has 0 aliphatic heterocycles. The van der Waals surface area contributed by atoms with E-state index in [4.69, 9.17) is 0 Å². The van der Waals surface area contributed by atoms with Crippen molar-refractivity contribution in [2.45, 2.75) is 34.1 Å². The van der Waals surface area contributed by atoms with Crippen molar-refractivity contribution in [2.24, 2.45) is 11.8 Å². The largest absolute Gasteiger partial charge is 0.162 e. The lowest BCUT2D eigenvalue weighted by Gasteiger charge is -2.12. The maximum atomic E-state index is 2.37. The molecule has 0 rings (SSSR count). The summed E-state index contributed by atoms with van der Waals surface area (Å²) in [6, 6.07) is 0. The van der Waals surface area contributed by atoms with Crippen molar-refractivity contribution in [2.75, 3.05) is 23.0 Å². The lowest BCUT2D eigenvalue weighted by Crippen LogP contribution is -2.05. The van der Waals surface area contributed by atoms with Gasteiger partial charge in [0.1, 0.15) is 0 Å². The first-order valence-corrected chi connectivity index (χ1v) is 7.67. The van der Waals surface area contributed by atoms with E-state index in [2.05, 4.69) is 51.2 Å². The molecule has 0 aromatic carbocycles. The van der Waals surface area contributed by atoms with E-state index in [0.717, 1.165) is 11.8 Å². The Morgan fingerprint density at radius 2 is 1.38 bits per heavy atom. The molecule has 0 heterocycles. The van der Waals surface area contributed by atoms with Crippen LogP contribution in [-0.2, 0) is 0 Å². The lowest BCUT2D eigenvalue weighted by molar-refractivity contribution is 0.635. The Labute approximate surface area is 92.6 Å². The van der Waals surface area contributed by atoms with E-state index < -0.39 is 0 Å². The fourth-order valence-corrected chi connectivity index (χ4v) is 3.15. The fourth-order valence-electron chi connectivity index (χ4n) is 0.955. The van der Waals surface area contributed by atoms with Gasteiger partial charge in [-0.25, -0.2) is 0 Å². The van der Waals surface area contributed by atoms with Gasteiger partial charge in [0.15, 0.2) is 0 Å². The molecule has 0 aromatic heterocycles. The monoisotopic (exact) mass is 220 g/mol. The first kappa shape index (κ1) is 13.7. The molecule has 0 aromatic rings. The van der Waals surface area contributed by atoms with Gasteiger partial charge in [0, 0.05) is 0 Å². The highest BCUT2D eigenvalue weighted by molar-refractivity contribution is 8.00. The second kappa shape index (κ2) is 9.26. The van der Waals surface area contributed by atoms with Crippen LogP contribution in [-0.4, -0.2) is 23.0 Å². The zero-order chi connectivity index (χ0) is 10.1. The van der Waals surface area contributed by atoms with Crippen molar-refractivity contribution in [3.8, 4) is 0 Å². The summed E-state index contributed by atoms with van der Waals surface area (Å²) in [6.07, 6.45) is 1.32. The van der Waals surface area contributed by atoms with Crippen LogP contribution >= 0.6 is 23.5 Å². The second-order valence-corrected chi connectivity index (χ2v) is 6.21. The van der Waals surface area contributed by atoms with Crippen LogP contribution in [0.2, 0.25) is 0 Å². The molecule has 0 spiro atoms. The van der Waals surface area contributed by atoms with Crippen LogP contribution in [0.15, 0.2) is 0 Å². The first-order chi connectivity index (χ1) is 6.20. The van der Waals surface area contributed by atoms with E-state index in [-0.39, 0.29) is 0 Å². The summed E-state index contributed by atoms with van der Waals surface area (Å²) < 4.78 is 0. The Hall–Kier alpha value is 0.700. The third kappa shape index (κ3) is 9.01. The van der Waals surface area contributed by atoms with Crippen LogP contribution in [0.3, 0.4) is 0 Å². The summed E-state index contributed by atoms with van der Waals surface area (Å²) in [4.78, 5) is 0. The van der Waals surface area contributed by atoms with Crippen LogP contribution < -0.4 is 0 Å². The second-order valence-electron chi connectivity index (χ2n) is 3.82. The van der Waals surface area contributed by atoms with Crippen LogP contribution in [0, 0.1) is 11.8 Å². The van der Waals surface area contributed by atoms with E-state index in [1.165, 1.54) is 29.4 Å². The zero-order valence-corrected chi connectivity index (χ0v) is 11.1. The normalized spacial score (nSPS) is 15.7. The van der Waals surface area contributed by atoms with Crippen LogP contribution in [0.1, 0.15) is 34.1 Å². The van der Waals surface area contributed by atoms with Gasteiger partial charge in [0.25, 0.3) is 0 Å². The predicted molar refractivity (Wildman–Crippen MR) is 68.9 cm³/mol. The Balaban J connectivity index is 3.21. The van der Waals surface area contributed by atoms with Crippen LogP contribution in [0.5, 0.6) is 0 Å². The smallest absolute Gasteiger partial charge is 0.00338 e. The summed E-state index contributed by atoms with van der Waals surface area (Å²) in [5.41, 5.74) is 0. The number of hydrogen-bond donors (Lipinski definition) is 0. The van der Waals surface area contributed by atoms with Gasteiger partial charge < -0.3 is 0 Å². The summed E-state index contributed by atoms with van der Waals surface area (Å²) in [5.74, 6) is 7.08. The molecule has 0 radical (unpaired) electrons. The van der Waals surface area contributed by atoms with Gasteiger partial charge in [0.05, 0.1) is 0 Å². The highest BCUT2D eigenvalue weighted by Gasteiger charge is 2.03. The fraction of sp³-hybridized carbons (Fsp3) is 1.00. The highest BCUT2D eigenvalue weighted by Crippen LogP contribution is 2.17. The average molecular weight is 220 g/mol. The van der Waals surface area contributed by atoms with E-state index >= 15 is 0 Å². The van der Waals surface area contributed by atoms with Gasteiger partial charge in [0.2, 0.25) is 0 Å². The van der Waals surface area contributed by atoms with Crippen molar-refractivity contribution >= 4 is 23.5 Å². The quantitative estimate of drug-likeness (QED) is 0.602. The Kier molecular flexibility index (Phi) is 9.76. The lowest BCUT2D eigenvalue weighted by atomic mass is 10.2. The summed E-state index contributed by atoms with van der Waals surface area (Å²) in [7, 11) is 0. The first-order valence-electron chi connectivity index (χ1n) is 5.36. The summed E-state index contributed by atoms with van der Waals surface area (Å²) >= 11 is 4.20. The molecule has 2 unspecified atom stereocenters. The minimum atomic E-state index is 0.888. The Morgan fingerprint density at radius 1 is 0.846 bits per heavy atom. The molecule has 0 nitrogen and oxygen atoms in total. The molecule has 2 heteroatoms. The predicted octanol–water partition coefficient (Wildman–Crippen LogP) is 4.15. The topological polar surface area (TPSA) is 0 Å². The standard InChI is InChI=1S/C11H24S2/c1-5-10(3)7-13-9-11(4)8-12-6-2/h10-11H,5-9H2,1-4H3. The van der Waals surface area contributed by atoms with Gasteiger partial charge in [-0.05, 0) is 34.8 Å². The Morgan fingerprint density at radius 3 is 1.92 bits per heavy atom. The van der Waals surface area contributed by atoms with E-state index in [9.17, 15) is 0 Å². The van der Waals surface area contributed by atoms with Crippen molar-refractivity contribution in [1.29, 1.82) is 0 Å². The number of rotatable bonds is 8. The highest BCUT2D eigenvalue weighted by atomic mass is 32.2. The zero-order valence-electron chi connectivity index (χ0n) is 9.51. The molecule has 13 heavy (non-hydrogen) atoms. The minimum absolute atomic E-state index is 0.888. The molecule has 0 bridgehead atoms. The molecule has 0 saturated heterocycles. The van der Waals surface area contributed by atoms with Crippen molar-refractivity contribution in [3.05, 3.63) is 0 Å². The van der Waals surface area contributed by atoms with Crippen LogP contribution in [0.4, 0.5) is 0 Å². The van der Waals surface area contributed by atoms with Crippen molar-refractivity contribution in [3.63, 3.8) is 0 Å². The summed E-state index contributed by atoms with van der Waals surface area (Å²) in [6.45, 7) is 9.23. The number of hydrogen-bond acceptors (Lipinski definition) is 2. The van der Waals surface area contributed by atoms with Crippen molar-refractivity contribution < 1.29 is 0 Å². The molecular weight excluding hydrogens is 196 g/mol. The molecule has 0 aliphatic rings. The molecule has 0 aliphatic carbocycles. The summed E-state index contributed by atoms with van der Waals surface area (Å²) in [5, 5.41) is 0.